The van der Waals surface area contributed by atoms with Crippen molar-refractivity contribution in [2.75, 3.05) is 7.11 Å². The van der Waals surface area contributed by atoms with Crippen LogP contribution in [0.1, 0.15) is 6.42 Å². The van der Waals surface area contributed by atoms with Crippen LogP contribution < -0.4 is 0 Å². The van der Waals surface area contributed by atoms with E-state index < -0.39 is 0 Å². The summed E-state index contributed by atoms with van der Waals surface area (Å²) < 4.78 is 4.50. The summed E-state index contributed by atoms with van der Waals surface area (Å²) in [5, 5.41) is 0. The fourth-order valence-corrected chi connectivity index (χ4v) is 0.207. The molecule has 40 valence electrons. The molecule has 0 spiro atoms. The van der Waals surface area contributed by atoms with Crippen molar-refractivity contribution in [2.24, 2.45) is 0 Å². The number of carbonyl (C=O) groups is 1. The Bertz CT molecular complexity index is 66.5. The van der Waals surface area contributed by atoms with Gasteiger partial charge in [-0.15, -0.1) is 0 Å². The lowest BCUT2D eigenvalue weighted by atomic mass is 10.5. The van der Waals surface area contributed by atoms with E-state index in [1.807, 2.05) is 0 Å². The summed E-state index contributed by atoms with van der Waals surface area (Å²) in [6, 6.07) is 0. The Morgan fingerprint density at radius 2 is 2.43 bits per heavy atom. The molecule has 0 rings (SSSR count). The topological polar surface area (TPSA) is 26.3 Å². The molecule has 0 aromatic rings. The first-order valence-corrected chi connectivity index (χ1v) is 2.03. The number of rotatable bonds is 3. The van der Waals surface area contributed by atoms with Gasteiger partial charge in [0.05, 0.1) is 13.4 Å². The maximum Gasteiger partial charge on any atom is 0.123 e. The highest BCUT2D eigenvalue weighted by Crippen LogP contribution is 1.74. The molecule has 0 N–H and O–H groups in total. The van der Waals surface area contributed by atoms with Gasteiger partial charge in [0.15, 0.2) is 0 Å². The number of ether oxygens (including phenoxy) is 1. The molecule has 0 bridgehead atoms. The van der Waals surface area contributed by atoms with Crippen LogP contribution in [0.15, 0.2) is 12.3 Å². The van der Waals surface area contributed by atoms with Gasteiger partial charge in [-0.1, -0.05) is 0 Å². The zero-order chi connectivity index (χ0) is 5.54. The van der Waals surface area contributed by atoms with Gasteiger partial charge < -0.3 is 9.53 Å². The van der Waals surface area contributed by atoms with E-state index in [-0.39, 0.29) is 0 Å². The molecule has 0 saturated carbocycles. The van der Waals surface area contributed by atoms with Crippen LogP contribution >= 0.6 is 0 Å². The molecule has 0 atom stereocenters. The maximum absolute atomic E-state index is 9.57. The van der Waals surface area contributed by atoms with Crippen molar-refractivity contribution in [2.45, 2.75) is 6.42 Å². The van der Waals surface area contributed by atoms with E-state index in [0.29, 0.717) is 6.42 Å². The summed E-state index contributed by atoms with van der Waals surface area (Å²) in [7, 11) is 1.54. The SMILES string of the molecule is CO/C=C/CC=O. The Kier molecular flexibility index (Phi) is 4.62. The van der Waals surface area contributed by atoms with E-state index in [1.54, 1.807) is 13.2 Å². The summed E-state index contributed by atoms with van der Waals surface area (Å²) in [5.74, 6) is 0. The fourth-order valence-electron chi connectivity index (χ4n) is 0.207. The van der Waals surface area contributed by atoms with Gasteiger partial charge in [0, 0.05) is 6.42 Å². The van der Waals surface area contributed by atoms with Gasteiger partial charge in [-0.25, -0.2) is 0 Å². The van der Waals surface area contributed by atoms with Gasteiger partial charge in [0.25, 0.3) is 0 Å². The zero-order valence-corrected chi connectivity index (χ0v) is 4.26. The van der Waals surface area contributed by atoms with Crippen LogP contribution in [0.2, 0.25) is 0 Å². The molecule has 0 amide bonds. The Morgan fingerprint density at radius 3 is 2.86 bits per heavy atom. The molecule has 0 unspecified atom stereocenters. The van der Waals surface area contributed by atoms with E-state index in [9.17, 15) is 4.79 Å². The molecule has 2 heteroatoms. The molecule has 0 radical (unpaired) electrons. The molecular formula is C5H8O2. The lowest BCUT2D eigenvalue weighted by Gasteiger charge is -1.79. The van der Waals surface area contributed by atoms with Crippen LogP contribution in [0.5, 0.6) is 0 Å². The highest BCUT2D eigenvalue weighted by molar-refractivity contribution is 5.51. The average molecular weight is 100 g/mol. The van der Waals surface area contributed by atoms with E-state index in [4.69, 9.17) is 0 Å². The fraction of sp³-hybridized carbons (Fsp3) is 0.400. The lowest BCUT2D eigenvalue weighted by molar-refractivity contribution is -0.107. The minimum atomic E-state index is 0.438. The van der Waals surface area contributed by atoms with Crippen LogP contribution in [0, 0.1) is 0 Å². The smallest absolute Gasteiger partial charge is 0.123 e. The molecule has 7 heavy (non-hydrogen) atoms. The van der Waals surface area contributed by atoms with Crippen LogP contribution in [-0.4, -0.2) is 13.4 Å². The third-order valence-corrected chi connectivity index (χ3v) is 0.465. The summed E-state index contributed by atoms with van der Waals surface area (Å²) in [4.78, 5) is 9.57. The quantitative estimate of drug-likeness (QED) is 0.386. The molecule has 0 aliphatic rings. The van der Waals surface area contributed by atoms with E-state index in [2.05, 4.69) is 4.74 Å². The van der Waals surface area contributed by atoms with E-state index in [1.165, 1.54) is 6.26 Å². The van der Waals surface area contributed by atoms with Gasteiger partial charge in [0.2, 0.25) is 0 Å². The van der Waals surface area contributed by atoms with E-state index in [0.717, 1.165) is 6.29 Å². The van der Waals surface area contributed by atoms with Crippen molar-refractivity contribution in [1.82, 2.24) is 0 Å². The first-order valence-electron chi connectivity index (χ1n) is 2.03. The predicted molar refractivity (Wildman–Crippen MR) is 26.8 cm³/mol. The second kappa shape index (κ2) is 5.21. The Morgan fingerprint density at radius 1 is 1.71 bits per heavy atom. The molecule has 0 aromatic heterocycles. The maximum atomic E-state index is 9.57. The summed E-state index contributed by atoms with van der Waals surface area (Å²) in [6.07, 6.45) is 4.38. The molecule has 0 heterocycles. The Labute approximate surface area is 42.8 Å². The second-order valence-corrected chi connectivity index (χ2v) is 1.01. The highest BCUT2D eigenvalue weighted by atomic mass is 16.5. The normalized spacial score (nSPS) is 9.29. The first-order chi connectivity index (χ1) is 3.41. The monoisotopic (exact) mass is 100 g/mol. The number of hydrogen-bond donors (Lipinski definition) is 0. The number of carbonyl (C=O) groups excluding carboxylic acids is 1. The number of methoxy groups -OCH3 is 1. The summed E-state index contributed by atoms with van der Waals surface area (Å²) in [6.45, 7) is 0. The molecule has 2 nitrogen and oxygen atoms in total. The third kappa shape index (κ3) is 5.21. The van der Waals surface area contributed by atoms with Gasteiger partial charge in [-0.2, -0.15) is 0 Å². The number of hydrogen-bond acceptors (Lipinski definition) is 2. The molecule has 0 aliphatic carbocycles. The Hall–Kier alpha value is -0.790. The van der Waals surface area contributed by atoms with Gasteiger partial charge in [-0.3, -0.25) is 0 Å². The average Bonchev–Trinajstić information content (AvgIpc) is 1.69. The van der Waals surface area contributed by atoms with Crippen LogP contribution in [0.4, 0.5) is 0 Å². The van der Waals surface area contributed by atoms with Crippen LogP contribution in [-0.2, 0) is 9.53 Å². The van der Waals surface area contributed by atoms with Crippen molar-refractivity contribution in [3.63, 3.8) is 0 Å². The van der Waals surface area contributed by atoms with Gasteiger partial charge in [0.1, 0.15) is 6.29 Å². The van der Waals surface area contributed by atoms with Crippen molar-refractivity contribution >= 4 is 6.29 Å². The van der Waals surface area contributed by atoms with Crippen molar-refractivity contribution in [3.05, 3.63) is 12.3 Å². The summed E-state index contributed by atoms with van der Waals surface area (Å²) >= 11 is 0. The van der Waals surface area contributed by atoms with Crippen LogP contribution in [0.3, 0.4) is 0 Å². The van der Waals surface area contributed by atoms with Gasteiger partial charge in [-0.05, 0) is 6.08 Å². The largest absolute Gasteiger partial charge is 0.505 e. The summed E-state index contributed by atoms with van der Waals surface area (Å²) in [5.41, 5.74) is 0. The predicted octanol–water partition coefficient (Wildman–Crippen LogP) is 0.736. The third-order valence-electron chi connectivity index (χ3n) is 0.465. The Balaban J connectivity index is 2.92. The van der Waals surface area contributed by atoms with Crippen molar-refractivity contribution in [1.29, 1.82) is 0 Å². The first kappa shape index (κ1) is 6.21. The van der Waals surface area contributed by atoms with Crippen molar-refractivity contribution in [3.8, 4) is 0 Å². The molecule has 0 saturated heterocycles. The molecule has 0 fully saturated rings. The van der Waals surface area contributed by atoms with Crippen molar-refractivity contribution < 1.29 is 9.53 Å². The minimum absolute atomic E-state index is 0.438. The molecule has 0 aliphatic heterocycles. The van der Waals surface area contributed by atoms with E-state index >= 15 is 0 Å². The lowest BCUT2D eigenvalue weighted by Crippen LogP contribution is -1.67. The van der Waals surface area contributed by atoms with Crippen LogP contribution in [0.25, 0.3) is 0 Å². The molecule has 0 aromatic carbocycles. The number of aldehydes is 1. The second-order valence-electron chi connectivity index (χ2n) is 1.01. The highest BCUT2D eigenvalue weighted by Gasteiger charge is 1.66. The number of allylic oxidation sites excluding steroid dienone is 1. The van der Waals surface area contributed by atoms with Gasteiger partial charge >= 0.3 is 0 Å². The standard InChI is InChI=1S/C5H8O2/c1-7-5-3-2-4-6/h3-5H,2H2,1H3/b5-3+. The molecular weight excluding hydrogens is 92.1 g/mol. The minimum Gasteiger partial charge on any atom is -0.505 e. The zero-order valence-electron chi connectivity index (χ0n) is 4.26.